The van der Waals surface area contributed by atoms with E-state index in [1.54, 1.807) is 4.90 Å². The number of urea groups is 1. The summed E-state index contributed by atoms with van der Waals surface area (Å²) < 4.78 is 30.2. The third kappa shape index (κ3) is 4.91. The fraction of sp³-hybridized carbons (Fsp3) is 0.786. The number of hydrogen-bond acceptors (Lipinski definition) is 6. The lowest BCUT2D eigenvalue weighted by molar-refractivity contribution is 0.180. The molecule has 1 aromatic heterocycles. The Hall–Kier alpha value is -1.68. The molecular formula is C14H23N5O4S. The number of amides is 2. The number of likely N-dealkylation sites (tertiary alicyclic amines) is 1. The largest absolute Gasteiger partial charge is 0.339 e. The lowest BCUT2D eigenvalue weighted by Crippen LogP contribution is -2.49. The van der Waals surface area contributed by atoms with Crippen LogP contribution in [-0.4, -0.2) is 61.4 Å². The van der Waals surface area contributed by atoms with Gasteiger partial charge in [-0.15, -0.1) is 0 Å². The number of carbonyl (C=O) groups excluding carboxylic acids is 1. The molecular weight excluding hydrogens is 334 g/mol. The van der Waals surface area contributed by atoms with Gasteiger partial charge in [0.2, 0.25) is 15.9 Å². The second-order valence-electron chi connectivity index (χ2n) is 6.46. The average Bonchev–Trinajstić information content (AvgIpc) is 3.26. The summed E-state index contributed by atoms with van der Waals surface area (Å²) in [6.45, 7) is 1.52. The lowest BCUT2D eigenvalue weighted by Gasteiger charge is -2.31. The van der Waals surface area contributed by atoms with Crippen LogP contribution < -0.4 is 10.0 Å². The van der Waals surface area contributed by atoms with E-state index in [0.29, 0.717) is 56.5 Å². The Morgan fingerprint density at radius 3 is 2.62 bits per heavy atom. The minimum absolute atomic E-state index is 0.0933. The number of sulfonamides is 1. The molecule has 0 bridgehead atoms. The van der Waals surface area contributed by atoms with E-state index in [1.807, 2.05) is 0 Å². The molecule has 1 saturated heterocycles. The lowest BCUT2D eigenvalue weighted by atomic mass is 10.1. The van der Waals surface area contributed by atoms with Gasteiger partial charge in [-0.1, -0.05) is 5.16 Å². The van der Waals surface area contributed by atoms with Gasteiger partial charge in [-0.25, -0.2) is 17.9 Å². The summed E-state index contributed by atoms with van der Waals surface area (Å²) in [5, 5.41) is 6.76. The van der Waals surface area contributed by atoms with Gasteiger partial charge in [0.15, 0.2) is 5.82 Å². The van der Waals surface area contributed by atoms with Crippen molar-refractivity contribution in [2.24, 2.45) is 0 Å². The molecule has 0 spiro atoms. The first-order chi connectivity index (χ1) is 11.4. The monoisotopic (exact) mass is 357 g/mol. The summed E-state index contributed by atoms with van der Waals surface area (Å²) in [5.41, 5.74) is 0. The number of hydrogen-bond donors (Lipinski definition) is 2. The van der Waals surface area contributed by atoms with Crippen LogP contribution in [0.1, 0.15) is 43.3 Å². The first-order valence-electron chi connectivity index (χ1n) is 8.23. The summed E-state index contributed by atoms with van der Waals surface area (Å²) in [5.74, 6) is 1.76. The molecule has 2 amide bonds. The number of piperidine rings is 1. The average molecular weight is 357 g/mol. The van der Waals surface area contributed by atoms with Crippen LogP contribution in [0.25, 0.3) is 0 Å². The van der Waals surface area contributed by atoms with Gasteiger partial charge in [0.05, 0.1) is 6.26 Å². The fourth-order valence-electron chi connectivity index (χ4n) is 2.76. The van der Waals surface area contributed by atoms with Crippen molar-refractivity contribution in [3.05, 3.63) is 11.7 Å². The number of nitrogens with zero attached hydrogens (tertiary/aromatic N) is 3. The van der Waals surface area contributed by atoms with E-state index in [0.717, 1.165) is 19.1 Å². The van der Waals surface area contributed by atoms with Crippen molar-refractivity contribution in [1.82, 2.24) is 25.1 Å². The van der Waals surface area contributed by atoms with Gasteiger partial charge in [-0.2, -0.15) is 4.98 Å². The fourth-order valence-corrected chi connectivity index (χ4v) is 3.60. The van der Waals surface area contributed by atoms with Gasteiger partial charge < -0.3 is 14.7 Å². The maximum atomic E-state index is 12.1. The van der Waals surface area contributed by atoms with Crippen LogP contribution in [-0.2, 0) is 16.4 Å². The molecule has 1 aromatic rings. The van der Waals surface area contributed by atoms with Gasteiger partial charge >= 0.3 is 6.03 Å². The van der Waals surface area contributed by atoms with E-state index in [4.69, 9.17) is 4.52 Å². The highest BCUT2D eigenvalue weighted by molar-refractivity contribution is 7.88. The van der Waals surface area contributed by atoms with E-state index in [-0.39, 0.29) is 12.1 Å². The van der Waals surface area contributed by atoms with Crippen LogP contribution in [0.3, 0.4) is 0 Å². The molecule has 24 heavy (non-hydrogen) atoms. The smallest absolute Gasteiger partial charge is 0.317 e. The number of nitrogens with one attached hydrogen (secondary N) is 2. The molecule has 1 aliphatic heterocycles. The van der Waals surface area contributed by atoms with Gasteiger partial charge in [-0.05, 0) is 25.7 Å². The summed E-state index contributed by atoms with van der Waals surface area (Å²) in [7, 11) is -3.20. The third-order valence-corrected chi connectivity index (χ3v) is 4.96. The summed E-state index contributed by atoms with van der Waals surface area (Å²) >= 11 is 0. The molecule has 2 N–H and O–H groups in total. The summed E-state index contributed by atoms with van der Waals surface area (Å²) in [6.07, 6.45) is 5.16. The predicted molar refractivity (Wildman–Crippen MR) is 86.0 cm³/mol. The molecule has 2 aliphatic rings. The van der Waals surface area contributed by atoms with Gasteiger partial charge in [0.1, 0.15) is 0 Å². The molecule has 1 saturated carbocycles. The number of rotatable bonds is 6. The van der Waals surface area contributed by atoms with Crippen molar-refractivity contribution in [2.45, 2.75) is 44.1 Å². The van der Waals surface area contributed by atoms with Crippen LogP contribution in [0.4, 0.5) is 4.79 Å². The van der Waals surface area contributed by atoms with Crippen LogP contribution in [0.2, 0.25) is 0 Å². The molecule has 0 unspecified atom stereocenters. The van der Waals surface area contributed by atoms with Gasteiger partial charge in [-0.3, -0.25) is 0 Å². The second-order valence-corrected chi connectivity index (χ2v) is 8.24. The van der Waals surface area contributed by atoms with Crippen LogP contribution in [0, 0.1) is 0 Å². The van der Waals surface area contributed by atoms with Crippen molar-refractivity contribution in [1.29, 1.82) is 0 Å². The molecule has 10 heteroatoms. The SMILES string of the molecule is CS(=O)(=O)NC1CCN(C(=O)NCCc2noc(C3CC3)n2)CC1. The highest BCUT2D eigenvalue weighted by Gasteiger charge is 2.29. The standard InChI is InChI=1S/C14H23N5O4S/c1-24(21,22)18-11-5-8-19(9-6-11)14(20)15-7-4-12-16-13(23-17-12)10-2-3-10/h10-11,18H,2-9H2,1H3,(H,15,20). The highest BCUT2D eigenvalue weighted by Crippen LogP contribution is 2.38. The zero-order valence-electron chi connectivity index (χ0n) is 13.7. The minimum Gasteiger partial charge on any atom is -0.339 e. The van der Waals surface area contributed by atoms with Crippen molar-refractivity contribution >= 4 is 16.1 Å². The molecule has 1 aliphatic carbocycles. The van der Waals surface area contributed by atoms with E-state index in [1.165, 1.54) is 0 Å². The number of aromatic nitrogens is 2. The molecule has 134 valence electrons. The zero-order chi connectivity index (χ0) is 17.2. The van der Waals surface area contributed by atoms with E-state index in [2.05, 4.69) is 20.2 Å². The molecule has 0 atom stereocenters. The first-order valence-corrected chi connectivity index (χ1v) is 10.1. The Balaban J connectivity index is 1.36. The van der Waals surface area contributed by atoms with E-state index in [9.17, 15) is 13.2 Å². The van der Waals surface area contributed by atoms with Gasteiger partial charge in [0.25, 0.3) is 0 Å². The van der Waals surface area contributed by atoms with E-state index >= 15 is 0 Å². The Kier molecular flexibility index (Phi) is 5.04. The molecule has 0 aromatic carbocycles. The molecule has 2 heterocycles. The normalized spacial score (nSPS) is 19.5. The number of carbonyl (C=O) groups is 1. The second kappa shape index (κ2) is 7.06. The quantitative estimate of drug-likeness (QED) is 0.752. The zero-order valence-corrected chi connectivity index (χ0v) is 14.5. The van der Waals surface area contributed by atoms with Crippen molar-refractivity contribution < 1.29 is 17.7 Å². The molecule has 2 fully saturated rings. The van der Waals surface area contributed by atoms with Crippen molar-refractivity contribution in [3.8, 4) is 0 Å². The maximum Gasteiger partial charge on any atom is 0.317 e. The van der Waals surface area contributed by atoms with Crippen LogP contribution in [0.5, 0.6) is 0 Å². The van der Waals surface area contributed by atoms with Crippen molar-refractivity contribution in [2.75, 3.05) is 25.9 Å². The molecule has 0 radical (unpaired) electrons. The third-order valence-electron chi connectivity index (χ3n) is 4.20. The summed E-state index contributed by atoms with van der Waals surface area (Å²) in [6, 6.07) is -0.233. The Labute approximate surface area is 141 Å². The minimum atomic E-state index is -3.20. The Morgan fingerprint density at radius 2 is 2.00 bits per heavy atom. The van der Waals surface area contributed by atoms with Crippen LogP contribution in [0.15, 0.2) is 4.52 Å². The van der Waals surface area contributed by atoms with Crippen molar-refractivity contribution in [3.63, 3.8) is 0 Å². The molecule has 9 nitrogen and oxygen atoms in total. The highest BCUT2D eigenvalue weighted by atomic mass is 32.2. The maximum absolute atomic E-state index is 12.1. The van der Waals surface area contributed by atoms with Crippen LogP contribution >= 0.6 is 0 Å². The Bertz CT molecular complexity index is 677. The first kappa shape index (κ1) is 17.2. The topological polar surface area (TPSA) is 117 Å². The Morgan fingerprint density at radius 1 is 1.29 bits per heavy atom. The van der Waals surface area contributed by atoms with E-state index < -0.39 is 10.0 Å². The molecule has 3 rings (SSSR count). The summed E-state index contributed by atoms with van der Waals surface area (Å²) in [4.78, 5) is 18.1. The predicted octanol–water partition coefficient (Wildman–Crippen LogP) is 0.213. The van der Waals surface area contributed by atoms with Gasteiger partial charge in [0, 0.05) is 38.0 Å².